The van der Waals surface area contributed by atoms with Gasteiger partial charge >= 0.3 is 5.97 Å². The highest BCUT2D eigenvalue weighted by atomic mass is 16.8. The molecule has 3 rings (SSSR count). The Morgan fingerprint density at radius 2 is 1.77 bits per heavy atom. The zero-order valence-corrected chi connectivity index (χ0v) is 19.6. The van der Waals surface area contributed by atoms with E-state index in [-0.39, 0.29) is 5.92 Å². The van der Waals surface area contributed by atoms with Crippen LogP contribution in [0.1, 0.15) is 33.1 Å². The zero-order valence-electron chi connectivity index (χ0n) is 19.6. The molecule has 0 bridgehead atoms. The molecule has 0 aromatic rings. The highest BCUT2D eigenvalue weighted by Crippen LogP contribution is 2.36. The van der Waals surface area contributed by atoms with Gasteiger partial charge in [0.05, 0.1) is 12.2 Å². The molecule has 0 spiro atoms. The normalized spacial score (nSPS) is 42.6. The lowest BCUT2D eigenvalue weighted by Crippen LogP contribution is -2.62. The average molecular weight is 509 g/mol. The number of carbonyl (C=O) groups is 1. The van der Waals surface area contributed by atoms with Gasteiger partial charge in [0.25, 0.3) is 0 Å². The first-order chi connectivity index (χ1) is 16.3. The SMILES string of the molecule is CC(C)(O)[C@@H]1CC=C(C(=O)OC[C@H]2O[C@H](O[C@]3(CO)O[C@H](CO)[C@@H](O)[C@@H]3O)[C@H](O)[C@@H](O)[C@@H]2O)CC1. The Morgan fingerprint density at radius 1 is 1.09 bits per heavy atom. The monoisotopic (exact) mass is 508 g/mol. The predicted octanol–water partition coefficient (Wildman–Crippen LogP) is -3.35. The van der Waals surface area contributed by atoms with Crippen LogP contribution < -0.4 is 0 Å². The fourth-order valence-corrected chi connectivity index (χ4v) is 4.53. The minimum absolute atomic E-state index is 0.00644. The number of rotatable bonds is 8. The number of allylic oxidation sites excluding steroid dienone is 1. The maximum absolute atomic E-state index is 12.5. The number of aliphatic hydroxyl groups is 8. The Morgan fingerprint density at radius 3 is 2.29 bits per heavy atom. The topological polar surface area (TPSA) is 216 Å². The number of hydrogen-bond acceptors (Lipinski definition) is 13. The Kier molecular flexibility index (Phi) is 8.93. The molecule has 2 heterocycles. The van der Waals surface area contributed by atoms with Crippen LogP contribution >= 0.6 is 0 Å². The minimum Gasteiger partial charge on any atom is -0.459 e. The van der Waals surface area contributed by atoms with Gasteiger partial charge in [-0.3, -0.25) is 0 Å². The van der Waals surface area contributed by atoms with Gasteiger partial charge in [0.1, 0.15) is 55.9 Å². The van der Waals surface area contributed by atoms with Crippen LogP contribution in [0.5, 0.6) is 0 Å². The summed E-state index contributed by atoms with van der Waals surface area (Å²) in [7, 11) is 0. The Hall–Kier alpha value is -1.23. The molecule has 2 saturated heterocycles. The number of esters is 1. The van der Waals surface area contributed by atoms with Gasteiger partial charge in [0, 0.05) is 5.57 Å². The van der Waals surface area contributed by atoms with Crippen molar-refractivity contribution >= 4 is 5.97 Å². The molecule has 8 N–H and O–H groups in total. The molecule has 13 heteroatoms. The van der Waals surface area contributed by atoms with Crippen molar-refractivity contribution in [2.75, 3.05) is 19.8 Å². The number of ether oxygens (including phenoxy) is 4. The molecule has 10 atom stereocenters. The second-order valence-electron chi connectivity index (χ2n) is 9.83. The van der Waals surface area contributed by atoms with Crippen LogP contribution in [0.2, 0.25) is 0 Å². The van der Waals surface area contributed by atoms with E-state index in [0.717, 1.165) is 0 Å². The van der Waals surface area contributed by atoms with Crippen molar-refractivity contribution < 1.29 is 64.6 Å². The lowest BCUT2D eigenvalue weighted by molar-refractivity contribution is -0.383. The molecule has 0 amide bonds. The maximum atomic E-state index is 12.5. The molecule has 2 aliphatic heterocycles. The molecule has 35 heavy (non-hydrogen) atoms. The summed E-state index contributed by atoms with van der Waals surface area (Å²) in [6, 6.07) is 0. The summed E-state index contributed by atoms with van der Waals surface area (Å²) < 4.78 is 21.4. The molecule has 0 unspecified atom stereocenters. The van der Waals surface area contributed by atoms with Gasteiger partial charge in [0.2, 0.25) is 5.79 Å². The molecule has 202 valence electrons. The van der Waals surface area contributed by atoms with E-state index in [2.05, 4.69) is 0 Å². The van der Waals surface area contributed by atoms with E-state index in [1.54, 1.807) is 19.9 Å². The first kappa shape index (κ1) is 28.3. The van der Waals surface area contributed by atoms with Gasteiger partial charge in [-0.1, -0.05) is 6.08 Å². The molecule has 0 aromatic heterocycles. The van der Waals surface area contributed by atoms with Crippen molar-refractivity contribution in [1.29, 1.82) is 0 Å². The van der Waals surface area contributed by atoms with Crippen LogP contribution in [-0.4, -0.2) is 127 Å². The average Bonchev–Trinajstić information content (AvgIpc) is 3.07. The van der Waals surface area contributed by atoms with E-state index in [9.17, 15) is 45.6 Å². The van der Waals surface area contributed by atoms with Crippen molar-refractivity contribution in [3.63, 3.8) is 0 Å². The third kappa shape index (κ3) is 5.86. The summed E-state index contributed by atoms with van der Waals surface area (Å²) in [5.74, 6) is -2.97. The van der Waals surface area contributed by atoms with Gasteiger partial charge in [0.15, 0.2) is 6.29 Å². The van der Waals surface area contributed by atoms with E-state index in [1.807, 2.05) is 0 Å². The second kappa shape index (κ2) is 11.0. The van der Waals surface area contributed by atoms with E-state index in [0.29, 0.717) is 24.8 Å². The molecule has 2 fully saturated rings. The van der Waals surface area contributed by atoms with Crippen molar-refractivity contribution in [1.82, 2.24) is 0 Å². The third-order valence-electron chi connectivity index (χ3n) is 6.94. The second-order valence-corrected chi connectivity index (χ2v) is 9.83. The van der Waals surface area contributed by atoms with Crippen molar-refractivity contribution in [3.05, 3.63) is 11.6 Å². The zero-order chi connectivity index (χ0) is 26.1. The van der Waals surface area contributed by atoms with Crippen LogP contribution in [0.4, 0.5) is 0 Å². The van der Waals surface area contributed by atoms with Crippen LogP contribution in [0, 0.1) is 5.92 Å². The van der Waals surface area contributed by atoms with Crippen molar-refractivity contribution in [3.8, 4) is 0 Å². The number of aliphatic hydroxyl groups excluding tert-OH is 7. The number of carbonyl (C=O) groups excluding carboxylic acids is 1. The Balaban J connectivity index is 1.64. The van der Waals surface area contributed by atoms with Gasteiger partial charge in [-0.25, -0.2) is 4.79 Å². The third-order valence-corrected chi connectivity index (χ3v) is 6.94. The first-order valence-corrected chi connectivity index (χ1v) is 11.6. The van der Waals surface area contributed by atoms with Gasteiger partial charge in [-0.15, -0.1) is 0 Å². The fraction of sp³-hybridized carbons (Fsp3) is 0.864. The molecule has 0 radical (unpaired) electrons. The van der Waals surface area contributed by atoms with E-state index in [1.165, 1.54) is 0 Å². The van der Waals surface area contributed by atoms with Gasteiger partial charge < -0.3 is 59.8 Å². The van der Waals surface area contributed by atoms with E-state index < -0.39 is 86.2 Å². The quantitative estimate of drug-likeness (QED) is 0.151. The van der Waals surface area contributed by atoms with E-state index in [4.69, 9.17) is 18.9 Å². The number of hydrogen-bond donors (Lipinski definition) is 8. The van der Waals surface area contributed by atoms with Crippen LogP contribution in [0.3, 0.4) is 0 Å². The minimum atomic E-state index is -2.30. The standard InChI is InChI=1S/C22H36O13/c1-21(2,31)11-5-3-10(4-6-11)19(30)32-8-13-14(25)16(27)17(28)20(33-13)35-22(9-24)18(29)15(26)12(7-23)34-22/h3,11-18,20,23-29,31H,4-9H2,1-2H3/t11-,12-,13-,14-,15-,16+,17-,18+,20-,22+/m1/s1. The summed E-state index contributed by atoms with van der Waals surface area (Å²) in [6.45, 7) is 1.18. The molecule has 3 aliphatic rings. The Bertz CT molecular complexity index is 767. The van der Waals surface area contributed by atoms with Gasteiger partial charge in [-0.2, -0.15) is 0 Å². The van der Waals surface area contributed by atoms with Crippen LogP contribution in [0.15, 0.2) is 11.6 Å². The molecule has 0 aromatic carbocycles. The maximum Gasteiger partial charge on any atom is 0.333 e. The Labute approximate surface area is 202 Å². The highest BCUT2D eigenvalue weighted by Gasteiger charge is 2.58. The first-order valence-electron chi connectivity index (χ1n) is 11.6. The summed E-state index contributed by atoms with van der Waals surface area (Å²) in [5.41, 5.74) is -0.483. The molecule has 1 aliphatic carbocycles. The van der Waals surface area contributed by atoms with E-state index >= 15 is 0 Å². The van der Waals surface area contributed by atoms with Crippen LogP contribution in [-0.2, 0) is 23.7 Å². The molecule has 13 nitrogen and oxygen atoms in total. The smallest absolute Gasteiger partial charge is 0.333 e. The molecular weight excluding hydrogens is 472 g/mol. The summed E-state index contributed by atoms with van der Waals surface area (Å²) >= 11 is 0. The summed E-state index contributed by atoms with van der Waals surface area (Å²) in [4.78, 5) is 12.5. The lowest BCUT2D eigenvalue weighted by atomic mass is 9.79. The summed E-state index contributed by atoms with van der Waals surface area (Å²) in [6.07, 6.45) is -10.1. The molecule has 0 saturated carbocycles. The van der Waals surface area contributed by atoms with Crippen LogP contribution in [0.25, 0.3) is 0 Å². The van der Waals surface area contributed by atoms with Gasteiger partial charge in [-0.05, 0) is 39.0 Å². The lowest BCUT2D eigenvalue weighted by Gasteiger charge is -2.43. The largest absolute Gasteiger partial charge is 0.459 e. The predicted molar refractivity (Wildman–Crippen MR) is 114 cm³/mol. The summed E-state index contributed by atoms with van der Waals surface area (Å²) in [5, 5.41) is 80.3. The van der Waals surface area contributed by atoms with Crippen molar-refractivity contribution in [2.24, 2.45) is 5.92 Å². The van der Waals surface area contributed by atoms with Crippen molar-refractivity contribution in [2.45, 2.75) is 93.5 Å². The molecular formula is C22H36O13. The fourth-order valence-electron chi connectivity index (χ4n) is 4.53. The highest BCUT2D eigenvalue weighted by molar-refractivity contribution is 5.88.